The third kappa shape index (κ3) is 3.42. The Balaban J connectivity index is 2.13. The van der Waals surface area contributed by atoms with E-state index in [-0.39, 0.29) is 11.9 Å². The van der Waals surface area contributed by atoms with Gasteiger partial charge in [-0.15, -0.1) is 0 Å². The van der Waals surface area contributed by atoms with Crippen LogP contribution in [-0.2, 0) is 4.79 Å². The number of β-lactam (4-membered cyclic amide) rings is 1. The van der Waals surface area contributed by atoms with Gasteiger partial charge in [0.1, 0.15) is 0 Å². The summed E-state index contributed by atoms with van der Waals surface area (Å²) in [6.45, 7) is 0. The Kier molecular flexibility index (Phi) is 6.06. The molecule has 0 radical (unpaired) electrons. The van der Waals surface area contributed by atoms with Crippen LogP contribution in [0.2, 0.25) is 0 Å². The summed E-state index contributed by atoms with van der Waals surface area (Å²) in [5.41, 5.74) is 2.02. The Morgan fingerprint density at radius 1 is 0.786 bits per heavy atom. The highest BCUT2D eigenvalue weighted by Crippen LogP contribution is 2.57. The minimum Gasteiger partial charge on any atom is -0.300 e. The van der Waals surface area contributed by atoms with Crippen molar-refractivity contribution in [1.82, 2.24) is 14.0 Å². The van der Waals surface area contributed by atoms with Crippen molar-refractivity contribution in [1.29, 1.82) is 0 Å². The molecule has 6 nitrogen and oxygen atoms in total. The lowest BCUT2D eigenvalue weighted by molar-refractivity contribution is -0.126. The lowest BCUT2D eigenvalue weighted by Crippen LogP contribution is -2.58. The fourth-order valence-corrected chi connectivity index (χ4v) is 7.32. The number of carbonyl (C=O) groups excluding carboxylic acids is 1. The fraction of sp³-hybridized carbons (Fsp3) is 0.381. The van der Waals surface area contributed by atoms with Gasteiger partial charge in [-0.05, 0) is 60.0 Å². The van der Waals surface area contributed by atoms with Crippen molar-refractivity contribution in [2.75, 3.05) is 47.2 Å². The first-order valence-electron chi connectivity index (χ1n) is 9.38. The molecule has 0 spiro atoms. The van der Waals surface area contributed by atoms with Crippen LogP contribution in [0.25, 0.3) is 0 Å². The molecule has 0 N–H and O–H groups in total. The first-order valence-corrected chi connectivity index (χ1v) is 11.0. The second-order valence-electron chi connectivity index (χ2n) is 7.54. The Labute approximate surface area is 168 Å². The standard InChI is InChI=1S/C21H30N5OP/c1-23(2)28(24(3)4,25(5)6)22-19-20(17-13-9-7-10-14-17)26(21(19)27)18-15-11-8-12-16-18/h7-16,19-20H,1-6H3. The van der Waals surface area contributed by atoms with Crippen LogP contribution in [0.5, 0.6) is 0 Å². The number of hydrogen-bond donors (Lipinski definition) is 0. The number of rotatable bonds is 6. The average Bonchev–Trinajstić information content (AvgIpc) is 2.67. The quantitative estimate of drug-likeness (QED) is 0.548. The number of anilines is 1. The Bertz CT molecular complexity index is 838. The maximum atomic E-state index is 13.3. The highest BCUT2D eigenvalue weighted by molar-refractivity contribution is 7.59. The normalized spacial score (nSPS) is 20.0. The molecular formula is C21H30N5OP. The third-order valence-corrected chi connectivity index (χ3v) is 8.91. The molecule has 2 aromatic carbocycles. The highest BCUT2D eigenvalue weighted by atomic mass is 31.2. The van der Waals surface area contributed by atoms with E-state index in [1.807, 2.05) is 95.7 Å². The van der Waals surface area contributed by atoms with Crippen LogP contribution in [0.1, 0.15) is 11.6 Å². The fourth-order valence-electron chi connectivity index (χ4n) is 3.99. The van der Waals surface area contributed by atoms with Gasteiger partial charge in [0, 0.05) is 5.69 Å². The second kappa shape index (κ2) is 8.18. The van der Waals surface area contributed by atoms with Gasteiger partial charge in [0.05, 0.1) is 6.04 Å². The van der Waals surface area contributed by atoms with Crippen molar-refractivity contribution in [2.24, 2.45) is 4.74 Å². The SMILES string of the molecule is CN(C)P(=NC1C(=O)N(c2ccccc2)C1c1ccccc1)(N(C)C)N(C)C. The summed E-state index contributed by atoms with van der Waals surface area (Å²) in [6.07, 6.45) is 0. The number of hydrogen-bond acceptors (Lipinski definition) is 2. The van der Waals surface area contributed by atoms with E-state index < -0.39 is 13.5 Å². The number of nitrogens with zero attached hydrogens (tertiary/aromatic N) is 5. The van der Waals surface area contributed by atoms with Crippen LogP contribution in [-0.4, -0.2) is 68.2 Å². The molecule has 1 fully saturated rings. The molecule has 2 atom stereocenters. The van der Waals surface area contributed by atoms with Gasteiger partial charge in [-0.1, -0.05) is 48.5 Å². The lowest BCUT2D eigenvalue weighted by atomic mass is 9.88. The molecule has 2 aromatic rings. The van der Waals surface area contributed by atoms with Crippen molar-refractivity contribution < 1.29 is 4.79 Å². The molecule has 1 amide bonds. The molecule has 2 unspecified atom stereocenters. The van der Waals surface area contributed by atoms with Crippen LogP contribution in [0, 0.1) is 0 Å². The summed E-state index contributed by atoms with van der Waals surface area (Å²) in [7, 11) is 10.0. The van der Waals surface area contributed by atoms with E-state index in [0.29, 0.717) is 0 Å². The minimum atomic E-state index is -2.17. The summed E-state index contributed by atoms with van der Waals surface area (Å²) in [4.78, 5) is 15.2. The molecule has 1 aliphatic heterocycles. The number of amides is 1. The summed E-state index contributed by atoms with van der Waals surface area (Å²) in [5, 5.41) is 0. The third-order valence-electron chi connectivity index (χ3n) is 5.13. The molecular weight excluding hydrogens is 369 g/mol. The van der Waals surface area contributed by atoms with Crippen molar-refractivity contribution in [3.05, 3.63) is 66.2 Å². The molecule has 3 rings (SSSR count). The highest BCUT2D eigenvalue weighted by Gasteiger charge is 2.50. The zero-order chi connectivity index (χ0) is 20.5. The maximum absolute atomic E-state index is 13.3. The predicted molar refractivity (Wildman–Crippen MR) is 117 cm³/mol. The first kappa shape index (κ1) is 20.7. The van der Waals surface area contributed by atoms with Gasteiger partial charge >= 0.3 is 0 Å². The van der Waals surface area contributed by atoms with Crippen LogP contribution in [0.3, 0.4) is 0 Å². The molecule has 7 heteroatoms. The van der Waals surface area contributed by atoms with E-state index in [1.165, 1.54) is 0 Å². The van der Waals surface area contributed by atoms with Crippen molar-refractivity contribution in [3.63, 3.8) is 0 Å². The molecule has 28 heavy (non-hydrogen) atoms. The second-order valence-corrected chi connectivity index (χ2v) is 11.2. The van der Waals surface area contributed by atoms with Gasteiger partial charge in [0.2, 0.25) is 0 Å². The number of carbonyl (C=O) groups is 1. The summed E-state index contributed by atoms with van der Waals surface area (Å²) >= 11 is 0. The van der Waals surface area contributed by atoms with Crippen molar-refractivity contribution in [3.8, 4) is 0 Å². The van der Waals surface area contributed by atoms with Crippen molar-refractivity contribution in [2.45, 2.75) is 12.1 Å². The van der Waals surface area contributed by atoms with Gasteiger partial charge in [0.15, 0.2) is 13.5 Å². The van der Waals surface area contributed by atoms with Gasteiger partial charge in [-0.25, -0.2) is 4.74 Å². The van der Waals surface area contributed by atoms with Crippen molar-refractivity contribution >= 4 is 19.1 Å². The van der Waals surface area contributed by atoms with Crippen LogP contribution < -0.4 is 4.90 Å². The average molecular weight is 399 g/mol. The van der Waals surface area contributed by atoms with E-state index in [1.54, 1.807) is 0 Å². The molecule has 0 aliphatic carbocycles. The van der Waals surface area contributed by atoms with Crippen LogP contribution in [0.15, 0.2) is 65.4 Å². The topological polar surface area (TPSA) is 42.4 Å². The molecule has 1 heterocycles. The van der Waals surface area contributed by atoms with E-state index in [2.05, 4.69) is 26.1 Å². The summed E-state index contributed by atoms with van der Waals surface area (Å²) in [6, 6.07) is 19.5. The maximum Gasteiger partial charge on any atom is 0.255 e. The Morgan fingerprint density at radius 2 is 1.25 bits per heavy atom. The van der Waals surface area contributed by atoms with E-state index in [9.17, 15) is 4.79 Å². The van der Waals surface area contributed by atoms with Crippen LogP contribution >= 0.6 is 7.51 Å². The largest absolute Gasteiger partial charge is 0.300 e. The summed E-state index contributed by atoms with van der Waals surface area (Å²) in [5.74, 6) is 0.0509. The number of para-hydroxylation sites is 1. The van der Waals surface area contributed by atoms with Gasteiger partial charge in [-0.2, -0.15) is 0 Å². The molecule has 0 bridgehead atoms. The monoisotopic (exact) mass is 399 g/mol. The van der Waals surface area contributed by atoms with E-state index in [4.69, 9.17) is 4.74 Å². The zero-order valence-electron chi connectivity index (χ0n) is 17.5. The van der Waals surface area contributed by atoms with Gasteiger partial charge in [0.25, 0.3) is 5.91 Å². The molecule has 150 valence electrons. The predicted octanol–water partition coefficient (Wildman–Crippen LogP) is 3.77. The van der Waals surface area contributed by atoms with Gasteiger partial charge < -0.3 is 4.90 Å². The number of benzene rings is 2. The van der Waals surface area contributed by atoms with E-state index >= 15 is 0 Å². The minimum absolute atomic E-state index is 0.0509. The van der Waals surface area contributed by atoms with Gasteiger partial charge in [-0.3, -0.25) is 18.8 Å². The Morgan fingerprint density at radius 3 is 1.71 bits per heavy atom. The summed E-state index contributed by atoms with van der Waals surface area (Å²) < 4.78 is 11.7. The first-order chi connectivity index (χ1) is 13.3. The lowest BCUT2D eigenvalue weighted by Gasteiger charge is -2.49. The van der Waals surface area contributed by atoms with Crippen LogP contribution in [0.4, 0.5) is 5.69 Å². The Hall–Kier alpha value is -1.98. The molecule has 1 aliphatic rings. The zero-order valence-corrected chi connectivity index (χ0v) is 18.4. The molecule has 0 saturated carbocycles. The van der Waals surface area contributed by atoms with E-state index in [0.717, 1.165) is 11.3 Å². The molecule has 1 saturated heterocycles. The molecule has 0 aromatic heterocycles. The smallest absolute Gasteiger partial charge is 0.255 e.